The number of aliphatic hydroxyl groups excluding tert-OH is 1. The summed E-state index contributed by atoms with van der Waals surface area (Å²) in [6.07, 6.45) is 0.681. The number of ketones is 1. The third-order valence-electron chi connectivity index (χ3n) is 6.96. The fraction of sp³-hybridized carbons (Fsp3) is 0.200. The molecule has 0 unspecified atom stereocenters. The largest absolute Gasteiger partial charge is 0.507 e. The number of benzene rings is 3. The van der Waals surface area contributed by atoms with E-state index in [1.807, 2.05) is 6.92 Å². The van der Waals surface area contributed by atoms with Crippen LogP contribution in [0.5, 0.6) is 11.5 Å². The molecule has 41 heavy (non-hydrogen) atoms. The number of methoxy groups -OCH3 is 1. The van der Waals surface area contributed by atoms with E-state index in [-0.39, 0.29) is 28.4 Å². The number of hydrogen-bond donors (Lipinski definition) is 1. The zero-order valence-electron chi connectivity index (χ0n) is 22.0. The number of fused-ring (bicyclic) bond motifs is 1. The summed E-state index contributed by atoms with van der Waals surface area (Å²) in [6, 6.07) is 17.7. The predicted molar refractivity (Wildman–Crippen MR) is 154 cm³/mol. The number of thioether (sulfide) groups is 1. The third-order valence-corrected chi connectivity index (χ3v) is 9.06. The van der Waals surface area contributed by atoms with Gasteiger partial charge in [-0.25, -0.2) is 4.39 Å². The molecule has 2 aliphatic heterocycles. The number of ether oxygens (including phenoxy) is 2. The minimum Gasteiger partial charge on any atom is -0.507 e. The van der Waals surface area contributed by atoms with Crippen molar-refractivity contribution in [1.29, 1.82) is 0 Å². The van der Waals surface area contributed by atoms with E-state index in [0.29, 0.717) is 39.0 Å². The lowest BCUT2D eigenvalue weighted by molar-refractivity contribution is -0.132. The van der Waals surface area contributed by atoms with Crippen molar-refractivity contribution in [2.75, 3.05) is 12.0 Å². The predicted octanol–water partition coefficient (Wildman–Crippen LogP) is 5.93. The Labute approximate surface area is 243 Å². The standard InChI is InChI=1S/C30H24FN3O5S2/c1-16-13-20-14-18(9-12-23(20)39-16)26(35)24-25(17-7-10-21(38-2)11-8-17)34(28(37)27(24)36)29-32-33-30(41-29)40-15-19-5-3-4-6-22(19)31/h3-12,14,16,25,35H,13,15H2,1-2H3/b26-24+/t16-,25+/m1/s1. The van der Waals surface area contributed by atoms with Gasteiger partial charge in [0.25, 0.3) is 5.78 Å². The molecular weight excluding hydrogens is 565 g/mol. The SMILES string of the molecule is COc1ccc([C@H]2/C(=C(\O)c3ccc4c(c3)C[C@@H](C)O4)C(=O)C(=O)N2c2nnc(SCc3ccccc3F)s2)cc1. The summed E-state index contributed by atoms with van der Waals surface area (Å²) in [4.78, 5) is 28.3. The second kappa shape index (κ2) is 11.0. The number of halogens is 1. The van der Waals surface area contributed by atoms with Crippen LogP contribution in [0.25, 0.3) is 5.76 Å². The van der Waals surface area contributed by atoms with E-state index in [1.54, 1.807) is 67.8 Å². The van der Waals surface area contributed by atoms with Crippen LogP contribution in [0.2, 0.25) is 0 Å². The molecule has 8 nitrogen and oxygen atoms in total. The van der Waals surface area contributed by atoms with E-state index < -0.39 is 17.7 Å². The maximum Gasteiger partial charge on any atom is 0.301 e. The minimum absolute atomic E-state index is 0.00938. The third kappa shape index (κ3) is 5.07. The Hall–Kier alpha value is -4.22. The molecule has 2 aliphatic rings. The first-order chi connectivity index (χ1) is 19.8. The van der Waals surface area contributed by atoms with Crippen LogP contribution in [-0.2, 0) is 21.8 Å². The van der Waals surface area contributed by atoms with Crippen molar-refractivity contribution in [3.8, 4) is 11.5 Å². The van der Waals surface area contributed by atoms with E-state index in [1.165, 1.54) is 22.7 Å². The molecule has 0 radical (unpaired) electrons. The number of aliphatic hydroxyl groups is 1. The molecule has 208 valence electrons. The molecule has 2 atom stereocenters. The molecule has 0 spiro atoms. The van der Waals surface area contributed by atoms with E-state index in [0.717, 1.165) is 22.6 Å². The molecule has 1 amide bonds. The number of carbonyl (C=O) groups is 2. The van der Waals surface area contributed by atoms with Crippen molar-refractivity contribution in [2.45, 2.75) is 35.6 Å². The number of anilines is 1. The highest BCUT2D eigenvalue weighted by Gasteiger charge is 2.48. The van der Waals surface area contributed by atoms with Gasteiger partial charge in [-0.2, -0.15) is 0 Å². The molecule has 3 heterocycles. The van der Waals surface area contributed by atoms with Crippen LogP contribution in [0, 0.1) is 5.82 Å². The van der Waals surface area contributed by atoms with Crippen molar-refractivity contribution in [3.63, 3.8) is 0 Å². The highest BCUT2D eigenvalue weighted by molar-refractivity contribution is 8.00. The second-order valence-electron chi connectivity index (χ2n) is 9.63. The molecule has 0 saturated carbocycles. The van der Waals surface area contributed by atoms with E-state index in [4.69, 9.17) is 9.47 Å². The highest BCUT2D eigenvalue weighted by atomic mass is 32.2. The van der Waals surface area contributed by atoms with Crippen LogP contribution in [0.1, 0.15) is 35.2 Å². The van der Waals surface area contributed by atoms with Gasteiger partial charge in [-0.15, -0.1) is 10.2 Å². The van der Waals surface area contributed by atoms with E-state index >= 15 is 0 Å². The van der Waals surface area contributed by atoms with Crippen molar-refractivity contribution in [2.24, 2.45) is 0 Å². The van der Waals surface area contributed by atoms with Gasteiger partial charge in [0.15, 0.2) is 4.34 Å². The second-order valence-corrected chi connectivity index (χ2v) is 11.8. The Morgan fingerprint density at radius 3 is 2.68 bits per heavy atom. The Kier molecular flexibility index (Phi) is 7.22. The van der Waals surface area contributed by atoms with Crippen molar-refractivity contribution >= 4 is 45.7 Å². The zero-order valence-corrected chi connectivity index (χ0v) is 23.7. The molecule has 1 aromatic heterocycles. The summed E-state index contributed by atoms with van der Waals surface area (Å²) in [6.45, 7) is 1.96. The van der Waals surface area contributed by atoms with Crippen LogP contribution in [0.3, 0.4) is 0 Å². The van der Waals surface area contributed by atoms with Gasteiger partial charge in [-0.3, -0.25) is 14.5 Å². The first-order valence-electron chi connectivity index (χ1n) is 12.8. The van der Waals surface area contributed by atoms with Crippen LogP contribution < -0.4 is 14.4 Å². The fourth-order valence-electron chi connectivity index (χ4n) is 4.97. The molecule has 4 aromatic rings. The maximum atomic E-state index is 14.1. The number of amides is 1. The quantitative estimate of drug-likeness (QED) is 0.0931. The lowest BCUT2D eigenvalue weighted by Crippen LogP contribution is -2.29. The normalized spacial score (nSPS) is 19.3. The van der Waals surface area contributed by atoms with Gasteiger partial charge in [-0.1, -0.05) is 53.4 Å². The van der Waals surface area contributed by atoms with Crippen LogP contribution >= 0.6 is 23.1 Å². The van der Waals surface area contributed by atoms with E-state index in [9.17, 15) is 19.1 Å². The molecule has 0 aliphatic carbocycles. The molecule has 6 rings (SSSR count). The Morgan fingerprint density at radius 1 is 1.15 bits per heavy atom. The molecule has 0 bridgehead atoms. The van der Waals surface area contributed by atoms with Crippen molar-refractivity contribution < 1.29 is 28.6 Å². The number of Topliss-reactive ketones (excluding diaryl/α,β-unsaturated/α-hetero) is 1. The van der Waals surface area contributed by atoms with Gasteiger partial charge in [0.05, 0.1) is 18.7 Å². The van der Waals surface area contributed by atoms with Crippen molar-refractivity contribution in [3.05, 3.63) is 100 Å². The lowest BCUT2D eigenvalue weighted by atomic mass is 9.94. The number of rotatable bonds is 7. The summed E-state index contributed by atoms with van der Waals surface area (Å²) < 4.78 is 25.7. The molecule has 3 aromatic carbocycles. The van der Waals surface area contributed by atoms with Crippen LogP contribution in [-0.4, -0.2) is 40.2 Å². The lowest BCUT2D eigenvalue weighted by Gasteiger charge is -2.22. The number of nitrogens with zero attached hydrogens (tertiary/aromatic N) is 3. The monoisotopic (exact) mass is 589 g/mol. The summed E-state index contributed by atoms with van der Waals surface area (Å²) in [5.41, 5.74) is 2.37. The first-order valence-corrected chi connectivity index (χ1v) is 14.6. The van der Waals surface area contributed by atoms with Gasteiger partial charge in [0, 0.05) is 17.7 Å². The smallest absolute Gasteiger partial charge is 0.301 e. The average Bonchev–Trinajstić information content (AvgIpc) is 3.67. The summed E-state index contributed by atoms with van der Waals surface area (Å²) in [5, 5.41) is 20.1. The molecular formula is C30H24FN3O5S2. The van der Waals surface area contributed by atoms with Crippen LogP contribution in [0.15, 0.2) is 76.6 Å². The highest BCUT2D eigenvalue weighted by Crippen LogP contribution is 2.45. The number of hydrogen-bond acceptors (Lipinski definition) is 9. The average molecular weight is 590 g/mol. The Morgan fingerprint density at radius 2 is 1.93 bits per heavy atom. The van der Waals surface area contributed by atoms with Crippen LogP contribution in [0.4, 0.5) is 9.52 Å². The fourth-order valence-corrected chi connectivity index (χ4v) is 6.82. The Bertz CT molecular complexity index is 1690. The molecule has 1 saturated heterocycles. The van der Waals surface area contributed by atoms with Gasteiger partial charge < -0.3 is 14.6 Å². The van der Waals surface area contributed by atoms with Crippen molar-refractivity contribution in [1.82, 2.24) is 10.2 Å². The minimum atomic E-state index is -0.957. The molecule has 1 fully saturated rings. The van der Waals surface area contributed by atoms with Gasteiger partial charge >= 0.3 is 5.91 Å². The molecule has 1 N–H and O–H groups in total. The summed E-state index contributed by atoms with van der Waals surface area (Å²) in [7, 11) is 1.54. The maximum absolute atomic E-state index is 14.1. The first kappa shape index (κ1) is 27.0. The summed E-state index contributed by atoms with van der Waals surface area (Å²) >= 11 is 2.40. The topological polar surface area (TPSA) is 102 Å². The number of carbonyl (C=O) groups excluding carboxylic acids is 2. The molecule has 11 heteroatoms. The van der Waals surface area contributed by atoms with Gasteiger partial charge in [-0.05, 0) is 60.0 Å². The number of aromatic nitrogens is 2. The van der Waals surface area contributed by atoms with Gasteiger partial charge in [0.2, 0.25) is 5.13 Å². The summed E-state index contributed by atoms with van der Waals surface area (Å²) in [5.74, 6) is -0.605. The zero-order chi connectivity index (χ0) is 28.7. The van der Waals surface area contributed by atoms with Gasteiger partial charge in [0.1, 0.15) is 29.2 Å². The van der Waals surface area contributed by atoms with E-state index in [2.05, 4.69) is 10.2 Å². The Balaban J connectivity index is 1.39.